The second-order valence-electron chi connectivity index (χ2n) is 6.49. The summed E-state index contributed by atoms with van der Waals surface area (Å²) < 4.78 is 5.17. The van der Waals surface area contributed by atoms with Gasteiger partial charge >= 0.3 is 6.09 Å². The molecule has 0 aliphatic heterocycles. The Bertz CT molecular complexity index is 803. The summed E-state index contributed by atoms with van der Waals surface area (Å²) in [5.74, 6) is 0.388. The van der Waals surface area contributed by atoms with E-state index in [-0.39, 0.29) is 5.41 Å². The number of halogens is 2. The Kier molecular flexibility index (Phi) is 5.75. The van der Waals surface area contributed by atoms with Crippen molar-refractivity contribution >= 4 is 40.7 Å². The van der Waals surface area contributed by atoms with Crippen LogP contribution < -0.4 is 5.32 Å². The van der Waals surface area contributed by atoms with Crippen molar-refractivity contribution < 1.29 is 14.2 Å². The van der Waals surface area contributed by atoms with Gasteiger partial charge in [-0.05, 0) is 26.0 Å². The van der Waals surface area contributed by atoms with Crippen molar-refractivity contribution in [2.45, 2.75) is 34.6 Å². The number of rotatable bonds is 3. The number of nitrogens with zero attached hydrogens (tertiary/aromatic N) is 2. The first-order valence-corrected chi connectivity index (χ1v) is 8.30. The topological polar surface area (TPSA) is 76.7 Å². The zero-order valence-corrected chi connectivity index (χ0v) is 16.1. The zero-order chi connectivity index (χ0) is 18.8. The Morgan fingerprint density at radius 1 is 1.28 bits per heavy atom. The van der Waals surface area contributed by atoms with Gasteiger partial charge in [-0.2, -0.15) is 0 Å². The third kappa shape index (κ3) is 4.52. The summed E-state index contributed by atoms with van der Waals surface area (Å²) in [6.07, 6.45) is -0.765. The minimum absolute atomic E-state index is 0.205. The minimum atomic E-state index is -0.765. The van der Waals surface area contributed by atoms with Crippen molar-refractivity contribution in [1.29, 1.82) is 0 Å². The lowest BCUT2D eigenvalue weighted by Crippen LogP contribution is -2.19. The number of anilines is 1. The maximum atomic E-state index is 12.1. The van der Waals surface area contributed by atoms with E-state index >= 15 is 0 Å². The summed E-state index contributed by atoms with van der Waals surface area (Å²) >= 11 is 12.4. The monoisotopic (exact) mass is 383 g/mol. The highest BCUT2D eigenvalue weighted by atomic mass is 35.5. The first-order valence-electron chi connectivity index (χ1n) is 7.55. The second kappa shape index (κ2) is 7.45. The first kappa shape index (κ1) is 19.3. The standard InChI is InChI=1S/C17H19Cl2N3O3/c1-9-14(20-16(23)25-21-10(2)17(3,4)5)15(22-24-9)13-11(18)7-6-8-12(13)19/h6-8H,1-5H3,(H,20,23). The van der Waals surface area contributed by atoms with Crippen LogP contribution in [0.1, 0.15) is 33.5 Å². The van der Waals surface area contributed by atoms with Gasteiger partial charge in [0.25, 0.3) is 0 Å². The lowest BCUT2D eigenvalue weighted by atomic mass is 9.91. The number of carbonyl (C=O) groups excluding carboxylic acids is 1. The van der Waals surface area contributed by atoms with Crippen molar-refractivity contribution in [2.24, 2.45) is 10.6 Å². The summed E-state index contributed by atoms with van der Waals surface area (Å²) in [5, 5.41) is 11.1. The average molecular weight is 384 g/mol. The number of oxime groups is 1. The second-order valence-corrected chi connectivity index (χ2v) is 7.30. The highest BCUT2D eigenvalue weighted by Crippen LogP contribution is 2.39. The smallest absolute Gasteiger partial charge is 0.359 e. The van der Waals surface area contributed by atoms with Gasteiger partial charge in [-0.1, -0.05) is 60.4 Å². The molecule has 0 saturated carbocycles. The van der Waals surface area contributed by atoms with E-state index < -0.39 is 6.09 Å². The van der Waals surface area contributed by atoms with Crippen molar-refractivity contribution in [3.05, 3.63) is 34.0 Å². The molecule has 1 aromatic carbocycles. The molecule has 0 spiro atoms. The van der Waals surface area contributed by atoms with Crippen LogP contribution >= 0.6 is 23.2 Å². The predicted molar refractivity (Wildman–Crippen MR) is 99.4 cm³/mol. The summed E-state index contributed by atoms with van der Waals surface area (Å²) in [6.45, 7) is 9.34. The third-order valence-electron chi connectivity index (χ3n) is 3.64. The molecule has 1 aromatic heterocycles. The maximum absolute atomic E-state index is 12.1. The van der Waals surface area contributed by atoms with E-state index in [0.717, 1.165) is 0 Å². The number of aryl methyl sites for hydroxylation is 1. The molecule has 8 heteroatoms. The molecule has 0 aliphatic carbocycles. The molecule has 6 nitrogen and oxygen atoms in total. The van der Waals surface area contributed by atoms with Crippen molar-refractivity contribution in [2.75, 3.05) is 5.32 Å². The minimum Gasteiger partial charge on any atom is -0.359 e. The quantitative estimate of drug-likeness (QED) is 0.404. The maximum Gasteiger partial charge on any atom is 0.438 e. The highest BCUT2D eigenvalue weighted by Gasteiger charge is 2.22. The van der Waals surface area contributed by atoms with Gasteiger partial charge in [0.2, 0.25) is 0 Å². The van der Waals surface area contributed by atoms with Crippen molar-refractivity contribution in [3.63, 3.8) is 0 Å². The Balaban J connectivity index is 2.27. The number of aromatic nitrogens is 1. The van der Waals surface area contributed by atoms with Crippen LogP contribution in [0.25, 0.3) is 11.3 Å². The Morgan fingerprint density at radius 2 is 1.88 bits per heavy atom. The summed E-state index contributed by atoms with van der Waals surface area (Å²) in [7, 11) is 0. The molecule has 1 amide bonds. The Labute approximate surface area is 156 Å². The molecule has 2 aromatic rings. The predicted octanol–water partition coefficient (Wildman–Crippen LogP) is 5.93. The van der Waals surface area contributed by atoms with Gasteiger partial charge in [0.05, 0.1) is 15.8 Å². The van der Waals surface area contributed by atoms with Crippen molar-refractivity contribution in [1.82, 2.24) is 5.16 Å². The number of amides is 1. The van der Waals surface area contributed by atoms with E-state index in [1.165, 1.54) is 0 Å². The van der Waals surface area contributed by atoms with Crippen LogP contribution in [-0.4, -0.2) is 17.0 Å². The third-order valence-corrected chi connectivity index (χ3v) is 4.27. The Morgan fingerprint density at radius 3 is 2.44 bits per heavy atom. The molecule has 1 N–H and O–H groups in total. The van der Waals surface area contributed by atoms with Gasteiger partial charge in [0.15, 0.2) is 5.76 Å². The molecule has 2 rings (SSSR count). The zero-order valence-electron chi connectivity index (χ0n) is 14.6. The van der Waals surface area contributed by atoms with Gasteiger partial charge in [0, 0.05) is 11.0 Å². The molecule has 0 fully saturated rings. The van der Waals surface area contributed by atoms with Crippen LogP contribution in [0.3, 0.4) is 0 Å². The first-order chi connectivity index (χ1) is 11.6. The van der Waals surface area contributed by atoms with Crippen LogP contribution in [0.2, 0.25) is 10.0 Å². The molecule has 0 bridgehead atoms. The number of carbonyl (C=O) groups is 1. The van der Waals surface area contributed by atoms with Crippen LogP contribution in [0.5, 0.6) is 0 Å². The molecule has 0 unspecified atom stereocenters. The van der Waals surface area contributed by atoms with Crippen LogP contribution in [-0.2, 0) is 4.84 Å². The molecular formula is C17H19Cl2N3O3. The summed E-state index contributed by atoms with van der Waals surface area (Å²) in [5.41, 5.74) is 1.58. The van der Waals surface area contributed by atoms with Gasteiger partial charge in [-0.25, -0.2) is 4.79 Å². The van der Waals surface area contributed by atoms with E-state index in [4.69, 9.17) is 32.6 Å². The molecule has 1 heterocycles. The van der Waals surface area contributed by atoms with E-state index in [0.29, 0.717) is 38.5 Å². The Hall–Kier alpha value is -2.05. The summed E-state index contributed by atoms with van der Waals surface area (Å²) in [4.78, 5) is 17.0. The lowest BCUT2D eigenvalue weighted by Gasteiger charge is -2.16. The van der Waals surface area contributed by atoms with E-state index in [2.05, 4.69) is 15.6 Å². The molecular weight excluding hydrogens is 365 g/mol. The molecule has 0 saturated heterocycles. The molecule has 0 atom stereocenters. The van der Waals surface area contributed by atoms with Crippen LogP contribution in [0.15, 0.2) is 27.9 Å². The normalized spacial score (nSPS) is 12.2. The lowest BCUT2D eigenvalue weighted by molar-refractivity contribution is 0.165. The molecule has 0 aliphatic rings. The van der Waals surface area contributed by atoms with E-state index in [9.17, 15) is 4.79 Å². The summed E-state index contributed by atoms with van der Waals surface area (Å²) in [6, 6.07) is 5.06. The van der Waals surface area contributed by atoms with Gasteiger partial charge < -0.3 is 4.52 Å². The van der Waals surface area contributed by atoms with Gasteiger partial charge in [0.1, 0.15) is 11.4 Å². The SMILES string of the molecule is CC(=NOC(=O)Nc1c(-c2c(Cl)cccc2Cl)noc1C)C(C)(C)C. The fourth-order valence-electron chi connectivity index (χ4n) is 1.79. The molecule has 0 radical (unpaired) electrons. The fourth-order valence-corrected chi connectivity index (χ4v) is 2.36. The van der Waals surface area contributed by atoms with E-state index in [1.54, 1.807) is 32.0 Å². The fraction of sp³-hybridized carbons (Fsp3) is 0.353. The van der Waals surface area contributed by atoms with Gasteiger partial charge in [-0.15, -0.1) is 0 Å². The number of nitrogens with one attached hydrogen (secondary N) is 1. The molecule has 25 heavy (non-hydrogen) atoms. The van der Waals surface area contributed by atoms with Crippen LogP contribution in [0, 0.1) is 12.3 Å². The largest absolute Gasteiger partial charge is 0.438 e. The average Bonchev–Trinajstić information content (AvgIpc) is 2.85. The van der Waals surface area contributed by atoms with Crippen LogP contribution in [0.4, 0.5) is 10.5 Å². The number of hydrogen-bond acceptors (Lipinski definition) is 5. The van der Waals surface area contributed by atoms with Gasteiger partial charge in [-0.3, -0.25) is 10.2 Å². The number of hydrogen-bond donors (Lipinski definition) is 1. The number of benzene rings is 1. The highest BCUT2D eigenvalue weighted by molar-refractivity contribution is 6.39. The van der Waals surface area contributed by atoms with E-state index in [1.807, 2.05) is 20.8 Å². The van der Waals surface area contributed by atoms with Crippen molar-refractivity contribution in [3.8, 4) is 11.3 Å². The molecule has 134 valence electrons.